The first-order chi connectivity index (χ1) is 8.62. The first-order valence-electron chi connectivity index (χ1n) is 6.56. The van der Waals surface area contributed by atoms with Crippen LogP contribution < -0.4 is 5.32 Å². The average molecular weight is 271 g/mol. The van der Waals surface area contributed by atoms with Gasteiger partial charge in [-0.2, -0.15) is 13.2 Å². The van der Waals surface area contributed by atoms with Crippen LogP contribution in [-0.2, 0) is 6.18 Å². The van der Waals surface area contributed by atoms with Crippen LogP contribution in [0.2, 0.25) is 0 Å². The van der Waals surface area contributed by atoms with Crippen molar-refractivity contribution < 1.29 is 13.2 Å². The molecule has 1 heterocycles. The summed E-state index contributed by atoms with van der Waals surface area (Å²) < 4.78 is 38.9. The molecule has 1 aromatic rings. The van der Waals surface area contributed by atoms with Crippen LogP contribution >= 0.6 is 0 Å². The Balaban J connectivity index is 2.42. The van der Waals surface area contributed by atoms with Gasteiger partial charge < -0.3 is 5.32 Å². The third kappa shape index (κ3) is 2.58. The Morgan fingerprint density at radius 2 is 1.84 bits per heavy atom. The summed E-state index contributed by atoms with van der Waals surface area (Å²) >= 11 is 0. The molecule has 4 heteroatoms. The summed E-state index contributed by atoms with van der Waals surface area (Å²) in [4.78, 5) is 0. The van der Waals surface area contributed by atoms with Crippen molar-refractivity contribution in [1.82, 2.24) is 0 Å². The molecule has 0 aromatic heterocycles. The standard InChI is InChI=1S/C15H20F3N/c1-9(14(2,3)4)11-8-19-13-10(11)6-5-7-12(13)15(16,17)18/h5-7,9,11,19H,8H2,1-4H3. The second-order valence-electron chi connectivity index (χ2n) is 6.41. The number of halogens is 3. The Bertz CT molecular complexity index is 471. The van der Waals surface area contributed by atoms with Gasteiger partial charge in [0.2, 0.25) is 0 Å². The van der Waals surface area contributed by atoms with Gasteiger partial charge in [-0.3, -0.25) is 0 Å². The third-order valence-corrected chi connectivity index (χ3v) is 4.27. The van der Waals surface area contributed by atoms with Gasteiger partial charge in [0.15, 0.2) is 0 Å². The zero-order chi connectivity index (χ0) is 14.4. The predicted molar refractivity (Wildman–Crippen MR) is 71.3 cm³/mol. The molecule has 2 unspecified atom stereocenters. The third-order valence-electron chi connectivity index (χ3n) is 4.27. The molecule has 0 bridgehead atoms. The van der Waals surface area contributed by atoms with Crippen LogP contribution in [-0.4, -0.2) is 6.54 Å². The first-order valence-corrected chi connectivity index (χ1v) is 6.56. The number of fused-ring (bicyclic) bond motifs is 1. The van der Waals surface area contributed by atoms with Gasteiger partial charge in [0.05, 0.1) is 5.56 Å². The molecule has 1 N–H and O–H groups in total. The lowest BCUT2D eigenvalue weighted by Crippen LogP contribution is -2.25. The summed E-state index contributed by atoms with van der Waals surface area (Å²) in [5.74, 6) is 0.446. The van der Waals surface area contributed by atoms with Crippen molar-refractivity contribution in [2.75, 3.05) is 11.9 Å². The fourth-order valence-electron chi connectivity index (χ4n) is 2.68. The van der Waals surface area contributed by atoms with Gasteiger partial charge in [0.1, 0.15) is 0 Å². The van der Waals surface area contributed by atoms with Gasteiger partial charge in [0.25, 0.3) is 0 Å². The molecule has 1 aliphatic rings. The van der Waals surface area contributed by atoms with Gasteiger partial charge in [-0.15, -0.1) is 0 Å². The second kappa shape index (κ2) is 4.43. The summed E-state index contributed by atoms with van der Waals surface area (Å²) in [5.41, 5.74) is 0.601. The number of hydrogen-bond acceptors (Lipinski definition) is 1. The van der Waals surface area contributed by atoms with E-state index in [0.29, 0.717) is 12.5 Å². The number of anilines is 1. The minimum Gasteiger partial charge on any atom is -0.384 e. The highest BCUT2D eigenvalue weighted by Crippen LogP contribution is 2.47. The molecule has 106 valence electrons. The fourth-order valence-corrected chi connectivity index (χ4v) is 2.68. The highest BCUT2D eigenvalue weighted by Gasteiger charge is 2.40. The Labute approximate surface area is 112 Å². The first kappa shape index (κ1) is 14.2. The van der Waals surface area contributed by atoms with E-state index in [1.807, 2.05) is 6.07 Å². The SMILES string of the molecule is CC(C1CNc2c1cccc2C(F)(F)F)C(C)(C)C. The van der Waals surface area contributed by atoms with E-state index in [1.165, 1.54) is 6.07 Å². The summed E-state index contributed by atoms with van der Waals surface area (Å²) in [6, 6.07) is 4.48. The number of hydrogen-bond donors (Lipinski definition) is 1. The van der Waals surface area contributed by atoms with Crippen molar-refractivity contribution in [1.29, 1.82) is 0 Å². The van der Waals surface area contributed by atoms with Crippen LogP contribution in [0, 0.1) is 11.3 Å². The fraction of sp³-hybridized carbons (Fsp3) is 0.600. The Morgan fingerprint density at radius 1 is 1.21 bits per heavy atom. The van der Waals surface area contributed by atoms with Crippen LogP contribution in [0.3, 0.4) is 0 Å². The summed E-state index contributed by atoms with van der Waals surface area (Å²) in [6.07, 6.45) is -4.29. The molecule has 0 amide bonds. The largest absolute Gasteiger partial charge is 0.418 e. The van der Waals surface area contributed by atoms with Gasteiger partial charge in [-0.05, 0) is 23.0 Å². The van der Waals surface area contributed by atoms with Crippen LogP contribution in [0.15, 0.2) is 18.2 Å². The molecule has 0 saturated carbocycles. The number of para-hydroxylation sites is 1. The zero-order valence-electron chi connectivity index (χ0n) is 11.7. The molecule has 0 radical (unpaired) electrons. The minimum absolute atomic E-state index is 0.0716. The molecule has 0 spiro atoms. The van der Waals surface area contributed by atoms with E-state index in [-0.39, 0.29) is 17.0 Å². The topological polar surface area (TPSA) is 12.0 Å². The van der Waals surface area contributed by atoms with Crippen molar-refractivity contribution in [3.05, 3.63) is 29.3 Å². The van der Waals surface area contributed by atoms with E-state index >= 15 is 0 Å². The van der Waals surface area contributed by atoms with Gasteiger partial charge in [0, 0.05) is 18.2 Å². The monoisotopic (exact) mass is 271 g/mol. The Morgan fingerprint density at radius 3 is 2.37 bits per heavy atom. The van der Waals surface area contributed by atoms with E-state index in [4.69, 9.17) is 0 Å². The Hall–Kier alpha value is -1.19. The van der Waals surface area contributed by atoms with E-state index in [2.05, 4.69) is 33.0 Å². The lowest BCUT2D eigenvalue weighted by Gasteiger charge is -2.32. The quantitative estimate of drug-likeness (QED) is 0.766. The molecule has 1 aliphatic heterocycles. The van der Waals surface area contributed by atoms with Crippen molar-refractivity contribution in [3.63, 3.8) is 0 Å². The van der Waals surface area contributed by atoms with E-state index in [0.717, 1.165) is 11.6 Å². The second-order valence-corrected chi connectivity index (χ2v) is 6.41. The van der Waals surface area contributed by atoms with Crippen molar-refractivity contribution in [3.8, 4) is 0 Å². The van der Waals surface area contributed by atoms with Crippen molar-refractivity contribution in [2.45, 2.75) is 39.8 Å². The van der Waals surface area contributed by atoms with E-state index < -0.39 is 11.7 Å². The predicted octanol–water partition coefficient (Wildman–Crippen LogP) is 4.90. The Kier molecular flexibility index (Phi) is 3.31. The molecule has 19 heavy (non-hydrogen) atoms. The average Bonchev–Trinajstić information content (AvgIpc) is 2.68. The maximum absolute atomic E-state index is 13.0. The van der Waals surface area contributed by atoms with Crippen LogP contribution in [0.1, 0.15) is 44.7 Å². The summed E-state index contributed by atoms with van der Waals surface area (Å²) in [7, 11) is 0. The van der Waals surface area contributed by atoms with Gasteiger partial charge >= 0.3 is 6.18 Å². The van der Waals surface area contributed by atoms with Crippen LogP contribution in [0.25, 0.3) is 0 Å². The normalized spacial score (nSPS) is 20.9. The smallest absolute Gasteiger partial charge is 0.384 e. The van der Waals surface area contributed by atoms with Crippen molar-refractivity contribution >= 4 is 5.69 Å². The molecule has 0 aliphatic carbocycles. The molecule has 1 aromatic carbocycles. The molecule has 2 atom stereocenters. The lowest BCUT2D eigenvalue weighted by molar-refractivity contribution is -0.136. The molecular formula is C15H20F3N. The van der Waals surface area contributed by atoms with Crippen LogP contribution in [0.4, 0.5) is 18.9 Å². The highest BCUT2D eigenvalue weighted by molar-refractivity contribution is 5.64. The minimum atomic E-state index is -4.29. The maximum atomic E-state index is 13.0. The molecule has 1 nitrogen and oxygen atoms in total. The maximum Gasteiger partial charge on any atom is 0.418 e. The number of nitrogens with one attached hydrogen (secondary N) is 1. The van der Waals surface area contributed by atoms with Crippen LogP contribution in [0.5, 0.6) is 0 Å². The molecule has 2 rings (SSSR count). The number of rotatable bonds is 1. The highest BCUT2D eigenvalue weighted by atomic mass is 19.4. The number of benzene rings is 1. The van der Waals surface area contributed by atoms with E-state index in [1.54, 1.807) is 0 Å². The molecule has 0 fully saturated rings. The van der Waals surface area contributed by atoms with Crippen molar-refractivity contribution in [2.24, 2.45) is 11.3 Å². The molecule has 0 saturated heterocycles. The summed E-state index contributed by atoms with van der Waals surface area (Å²) in [5, 5.41) is 2.96. The van der Waals surface area contributed by atoms with E-state index in [9.17, 15) is 13.2 Å². The molecular weight excluding hydrogens is 251 g/mol. The number of alkyl halides is 3. The van der Waals surface area contributed by atoms with Gasteiger partial charge in [-0.1, -0.05) is 39.8 Å². The zero-order valence-corrected chi connectivity index (χ0v) is 11.7. The lowest BCUT2D eigenvalue weighted by atomic mass is 9.72. The van der Waals surface area contributed by atoms with Gasteiger partial charge in [-0.25, -0.2) is 0 Å². The summed E-state index contributed by atoms with van der Waals surface area (Å²) in [6.45, 7) is 9.08.